The highest BCUT2D eigenvalue weighted by molar-refractivity contribution is 5.84. The first kappa shape index (κ1) is 15.3. The average Bonchev–Trinajstić information content (AvgIpc) is 3.06. The van der Waals surface area contributed by atoms with Crippen molar-refractivity contribution in [1.29, 1.82) is 0 Å². The normalized spacial score (nSPS) is 18.6. The average molecular weight is 267 g/mol. The number of nitrogens with zero attached hydrogens (tertiary/aromatic N) is 1. The minimum atomic E-state index is -4.39. The summed E-state index contributed by atoms with van der Waals surface area (Å²) >= 11 is 0. The number of carbonyl (C=O) groups is 1. The Morgan fingerprint density at radius 2 is 1.89 bits per heavy atom. The fourth-order valence-corrected chi connectivity index (χ4v) is 1.86. The largest absolute Gasteiger partial charge is 0.406 e. The first-order valence-corrected chi connectivity index (χ1v) is 6.01. The Morgan fingerprint density at radius 3 is 2.22 bits per heavy atom. The fourth-order valence-electron chi connectivity index (χ4n) is 1.86. The van der Waals surface area contributed by atoms with Crippen LogP contribution in [0.5, 0.6) is 0 Å². The number of ether oxygens (including phenoxy) is 1. The maximum absolute atomic E-state index is 12.6. The number of hydrogen-bond acceptors (Lipinski definition) is 2. The van der Waals surface area contributed by atoms with Crippen molar-refractivity contribution in [2.45, 2.75) is 51.4 Å². The monoisotopic (exact) mass is 267 g/mol. The van der Waals surface area contributed by atoms with Gasteiger partial charge < -0.3 is 9.64 Å². The molecule has 0 saturated heterocycles. The number of alkyl halides is 3. The van der Waals surface area contributed by atoms with Crippen LogP contribution in [0.4, 0.5) is 13.2 Å². The predicted molar refractivity (Wildman–Crippen MR) is 61.0 cm³/mol. The predicted octanol–water partition coefficient (Wildman–Crippen LogP) is 2.60. The summed E-state index contributed by atoms with van der Waals surface area (Å²) in [5.74, 6) is -0.425. The third-order valence-corrected chi connectivity index (χ3v) is 3.43. The van der Waals surface area contributed by atoms with Crippen LogP contribution >= 0.6 is 0 Å². The maximum atomic E-state index is 12.6. The lowest BCUT2D eigenvalue weighted by Gasteiger charge is -2.35. The molecule has 18 heavy (non-hydrogen) atoms. The van der Waals surface area contributed by atoms with Crippen molar-refractivity contribution in [2.24, 2.45) is 5.92 Å². The second-order valence-electron chi connectivity index (χ2n) is 5.34. The molecule has 1 fully saturated rings. The molecule has 1 amide bonds. The molecule has 0 heterocycles. The molecule has 0 radical (unpaired) electrons. The Hall–Kier alpha value is -0.780. The minimum Gasteiger partial charge on any atom is -0.369 e. The molecule has 0 spiro atoms. The molecule has 0 aliphatic heterocycles. The summed E-state index contributed by atoms with van der Waals surface area (Å²) in [5, 5.41) is 0. The van der Waals surface area contributed by atoms with Gasteiger partial charge in [0.15, 0.2) is 0 Å². The number of amides is 1. The van der Waals surface area contributed by atoms with Crippen LogP contribution in [0.3, 0.4) is 0 Å². The molecule has 1 saturated carbocycles. The summed E-state index contributed by atoms with van der Waals surface area (Å²) in [4.78, 5) is 13.1. The van der Waals surface area contributed by atoms with Crippen molar-refractivity contribution in [3.63, 3.8) is 0 Å². The van der Waals surface area contributed by atoms with E-state index in [4.69, 9.17) is 4.74 Å². The molecular weight excluding hydrogens is 247 g/mol. The minimum absolute atomic E-state index is 0.184. The number of methoxy groups -OCH3 is 1. The zero-order valence-electron chi connectivity index (χ0n) is 11.2. The highest BCUT2D eigenvalue weighted by atomic mass is 19.4. The zero-order valence-corrected chi connectivity index (χ0v) is 11.2. The molecule has 1 aliphatic carbocycles. The Kier molecular flexibility index (Phi) is 4.30. The highest BCUT2D eigenvalue weighted by Gasteiger charge is 2.44. The van der Waals surface area contributed by atoms with Crippen LogP contribution in [-0.4, -0.2) is 42.3 Å². The molecule has 0 aromatic rings. The van der Waals surface area contributed by atoms with Gasteiger partial charge in [0, 0.05) is 13.2 Å². The number of carbonyl (C=O) groups excluding carboxylic acids is 1. The number of rotatable bonds is 5. The van der Waals surface area contributed by atoms with Gasteiger partial charge >= 0.3 is 6.18 Å². The molecule has 1 aliphatic rings. The van der Waals surface area contributed by atoms with Gasteiger partial charge in [0.05, 0.1) is 0 Å². The summed E-state index contributed by atoms with van der Waals surface area (Å²) in [5.41, 5.74) is -1.23. The van der Waals surface area contributed by atoms with E-state index in [0.717, 1.165) is 17.7 Å². The Labute approximate surface area is 105 Å². The number of halogens is 3. The van der Waals surface area contributed by atoms with Crippen molar-refractivity contribution in [2.75, 3.05) is 13.7 Å². The molecule has 0 aromatic carbocycles. The van der Waals surface area contributed by atoms with Crippen LogP contribution in [0.25, 0.3) is 0 Å². The molecule has 6 heteroatoms. The second kappa shape index (κ2) is 5.07. The van der Waals surface area contributed by atoms with Crippen LogP contribution in [-0.2, 0) is 9.53 Å². The van der Waals surface area contributed by atoms with Crippen molar-refractivity contribution in [3.8, 4) is 0 Å². The highest BCUT2D eigenvalue weighted by Crippen LogP contribution is 2.37. The molecule has 1 unspecified atom stereocenters. The topological polar surface area (TPSA) is 29.5 Å². The first-order chi connectivity index (χ1) is 8.08. The Morgan fingerprint density at radius 1 is 1.39 bits per heavy atom. The summed E-state index contributed by atoms with van der Waals surface area (Å²) in [7, 11) is 1.32. The first-order valence-electron chi connectivity index (χ1n) is 6.01. The van der Waals surface area contributed by atoms with Crippen molar-refractivity contribution >= 4 is 5.91 Å². The van der Waals surface area contributed by atoms with E-state index >= 15 is 0 Å². The molecular formula is C12H20F3NO2. The van der Waals surface area contributed by atoms with Gasteiger partial charge in [-0.05, 0) is 39.5 Å². The molecule has 0 N–H and O–H groups in total. The van der Waals surface area contributed by atoms with E-state index in [1.54, 1.807) is 6.92 Å². The fraction of sp³-hybridized carbons (Fsp3) is 0.917. The third kappa shape index (κ3) is 3.86. The van der Waals surface area contributed by atoms with Crippen molar-refractivity contribution in [3.05, 3.63) is 0 Å². The zero-order chi connectivity index (χ0) is 14.1. The van der Waals surface area contributed by atoms with Gasteiger partial charge in [0.2, 0.25) is 0 Å². The third-order valence-electron chi connectivity index (χ3n) is 3.43. The number of hydrogen-bond donors (Lipinski definition) is 0. The van der Waals surface area contributed by atoms with E-state index < -0.39 is 30.3 Å². The van der Waals surface area contributed by atoms with Gasteiger partial charge in [0.1, 0.15) is 12.1 Å². The summed E-state index contributed by atoms with van der Waals surface area (Å²) < 4.78 is 42.7. The molecule has 0 bridgehead atoms. The Balaban J connectivity index is 2.86. The van der Waals surface area contributed by atoms with E-state index in [0.29, 0.717) is 0 Å². The van der Waals surface area contributed by atoms with E-state index in [9.17, 15) is 18.0 Å². The molecule has 0 aromatic heterocycles. The van der Waals surface area contributed by atoms with E-state index in [2.05, 4.69) is 0 Å². The summed E-state index contributed by atoms with van der Waals surface area (Å²) in [6, 6.07) is -0.395. The van der Waals surface area contributed by atoms with E-state index in [1.807, 2.05) is 0 Å². The van der Waals surface area contributed by atoms with Gasteiger partial charge in [-0.15, -0.1) is 0 Å². The smallest absolute Gasteiger partial charge is 0.369 e. The van der Waals surface area contributed by atoms with Gasteiger partial charge in [-0.3, -0.25) is 4.79 Å². The van der Waals surface area contributed by atoms with Gasteiger partial charge in [0.25, 0.3) is 5.91 Å². The van der Waals surface area contributed by atoms with E-state index in [-0.39, 0.29) is 5.92 Å². The second-order valence-corrected chi connectivity index (χ2v) is 5.34. The summed E-state index contributed by atoms with van der Waals surface area (Å²) in [6.07, 6.45) is -2.62. The van der Waals surface area contributed by atoms with Gasteiger partial charge in [-0.25, -0.2) is 0 Å². The van der Waals surface area contributed by atoms with Crippen LogP contribution < -0.4 is 0 Å². The van der Waals surface area contributed by atoms with Crippen LogP contribution in [0.15, 0.2) is 0 Å². The van der Waals surface area contributed by atoms with Gasteiger partial charge in [-0.1, -0.05) is 0 Å². The SMILES string of the molecule is COC(C)(C)C(=O)N(CC(F)(F)F)C(C)C1CC1. The van der Waals surface area contributed by atoms with E-state index in [1.165, 1.54) is 21.0 Å². The molecule has 106 valence electrons. The van der Waals surface area contributed by atoms with Gasteiger partial charge in [-0.2, -0.15) is 13.2 Å². The maximum Gasteiger partial charge on any atom is 0.406 e. The lowest BCUT2D eigenvalue weighted by atomic mass is 10.0. The Bertz CT molecular complexity index is 311. The van der Waals surface area contributed by atoms with Crippen LogP contribution in [0.1, 0.15) is 33.6 Å². The molecule has 3 nitrogen and oxygen atoms in total. The molecule has 1 atom stereocenters. The molecule has 1 rings (SSSR count). The quantitative estimate of drug-likeness (QED) is 0.766. The lowest BCUT2D eigenvalue weighted by molar-refractivity contribution is -0.177. The van der Waals surface area contributed by atoms with Crippen LogP contribution in [0, 0.1) is 5.92 Å². The lowest BCUT2D eigenvalue weighted by Crippen LogP contribution is -2.53. The summed E-state index contributed by atoms with van der Waals surface area (Å²) in [6.45, 7) is 3.43. The standard InChI is InChI=1S/C12H20F3NO2/c1-8(9-5-6-9)16(7-12(13,14)15)10(17)11(2,3)18-4/h8-9H,5-7H2,1-4H3. The van der Waals surface area contributed by atoms with Crippen molar-refractivity contribution in [1.82, 2.24) is 4.90 Å². The van der Waals surface area contributed by atoms with Crippen molar-refractivity contribution < 1.29 is 22.7 Å². The van der Waals surface area contributed by atoms with Crippen LogP contribution in [0.2, 0.25) is 0 Å².